The van der Waals surface area contributed by atoms with E-state index in [4.69, 9.17) is 14.6 Å². The SMILES string of the molecule is CC[C@H](CC(=O)O)NC(=O)C1OCCC1NC(=O)OCC1c2ccccc2-c2ccccc21. The number of amides is 2. The van der Waals surface area contributed by atoms with Gasteiger partial charge in [-0.2, -0.15) is 0 Å². The molecule has 0 aromatic heterocycles. The second-order valence-electron chi connectivity index (χ2n) is 8.37. The van der Waals surface area contributed by atoms with E-state index >= 15 is 0 Å². The molecule has 1 fully saturated rings. The molecule has 2 amide bonds. The number of carboxylic acid groups (broad SMARTS) is 1. The van der Waals surface area contributed by atoms with Crippen molar-refractivity contribution in [2.24, 2.45) is 0 Å². The highest BCUT2D eigenvalue weighted by Crippen LogP contribution is 2.44. The molecule has 1 aliphatic carbocycles. The summed E-state index contributed by atoms with van der Waals surface area (Å²) in [7, 11) is 0. The highest BCUT2D eigenvalue weighted by molar-refractivity contribution is 5.84. The molecule has 8 heteroatoms. The molecule has 1 aliphatic heterocycles. The summed E-state index contributed by atoms with van der Waals surface area (Å²) in [5.74, 6) is -1.46. The molecular formula is C25H28N2O6. The normalized spacial score (nSPS) is 19.9. The molecule has 1 saturated heterocycles. The zero-order valence-electron chi connectivity index (χ0n) is 18.5. The Morgan fingerprint density at radius 2 is 1.73 bits per heavy atom. The van der Waals surface area contributed by atoms with Gasteiger partial charge in [-0.05, 0) is 35.1 Å². The summed E-state index contributed by atoms with van der Waals surface area (Å²) < 4.78 is 11.1. The molecule has 0 radical (unpaired) electrons. The van der Waals surface area contributed by atoms with E-state index in [1.54, 1.807) is 6.92 Å². The van der Waals surface area contributed by atoms with Gasteiger partial charge in [0.25, 0.3) is 5.91 Å². The van der Waals surface area contributed by atoms with Gasteiger partial charge in [0.05, 0.1) is 12.5 Å². The Balaban J connectivity index is 1.35. The first-order valence-corrected chi connectivity index (χ1v) is 11.2. The van der Waals surface area contributed by atoms with Gasteiger partial charge in [-0.1, -0.05) is 55.5 Å². The van der Waals surface area contributed by atoms with E-state index in [2.05, 4.69) is 22.8 Å². The van der Waals surface area contributed by atoms with Crippen molar-refractivity contribution in [2.75, 3.05) is 13.2 Å². The standard InChI is InChI=1S/C25H28N2O6/c1-2-15(13-22(28)29)26-24(30)23-21(11-12-32-23)27-25(31)33-14-20-18-9-5-3-7-16(18)17-8-4-6-10-19(17)20/h3-10,15,20-21,23H,2,11-14H2,1H3,(H,26,30)(H,27,31)(H,28,29)/t15-,21?,23?/m1/s1. The molecule has 0 spiro atoms. The summed E-state index contributed by atoms with van der Waals surface area (Å²) in [5.41, 5.74) is 4.54. The minimum absolute atomic E-state index is 0.0524. The van der Waals surface area contributed by atoms with Crippen LogP contribution in [0.15, 0.2) is 48.5 Å². The van der Waals surface area contributed by atoms with E-state index in [1.807, 2.05) is 36.4 Å². The summed E-state index contributed by atoms with van der Waals surface area (Å²) in [6.45, 7) is 2.30. The fourth-order valence-corrected chi connectivity index (χ4v) is 4.58. The van der Waals surface area contributed by atoms with Crippen LogP contribution in [0.1, 0.15) is 43.2 Å². The third kappa shape index (κ3) is 5.01. The third-order valence-corrected chi connectivity index (χ3v) is 6.26. The quantitative estimate of drug-likeness (QED) is 0.567. The molecule has 8 nitrogen and oxygen atoms in total. The van der Waals surface area contributed by atoms with Crippen molar-refractivity contribution in [2.45, 2.75) is 50.3 Å². The van der Waals surface area contributed by atoms with Crippen LogP contribution >= 0.6 is 0 Å². The molecule has 3 N–H and O–H groups in total. The molecule has 2 unspecified atom stereocenters. The topological polar surface area (TPSA) is 114 Å². The number of carbonyl (C=O) groups is 3. The number of alkyl carbamates (subject to hydrolysis) is 1. The second kappa shape index (κ2) is 10.0. The molecule has 174 valence electrons. The third-order valence-electron chi connectivity index (χ3n) is 6.26. The zero-order chi connectivity index (χ0) is 23.4. The minimum Gasteiger partial charge on any atom is -0.481 e. The van der Waals surface area contributed by atoms with Crippen molar-refractivity contribution in [3.8, 4) is 11.1 Å². The molecule has 2 aliphatic rings. The van der Waals surface area contributed by atoms with Crippen molar-refractivity contribution in [3.63, 3.8) is 0 Å². The predicted octanol–water partition coefficient (Wildman–Crippen LogP) is 3.05. The van der Waals surface area contributed by atoms with Crippen LogP contribution in [-0.4, -0.2) is 54.5 Å². The number of rotatable bonds is 8. The Morgan fingerprint density at radius 3 is 2.33 bits per heavy atom. The lowest BCUT2D eigenvalue weighted by Gasteiger charge is -2.22. The van der Waals surface area contributed by atoms with Crippen molar-refractivity contribution >= 4 is 18.0 Å². The average Bonchev–Trinajstić information content (AvgIpc) is 3.39. The number of nitrogens with one attached hydrogen (secondary N) is 2. The van der Waals surface area contributed by atoms with Crippen LogP contribution in [0.3, 0.4) is 0 Å². The number of hydrogen-bond donors (Lipinski definition) is 3. The minimum atomic E-state index is -0.984. The molecule has 3 atom stereocenters. The first-order chi connectivity index (χ1) is 16.0. The average molecular weight is 453 g/mol. The van der Waals surface area contributed by atoms with Crippen LogP contribution < -0.4 is 10.6 Å². The number of ether oxygens (including phenoxy) is 2. The van der Waals surface area contributed by atoms with Crippen LogP contribution in [0.2, 0.25) is 0 Å². The Kier molecular flexibility index (Phi) is 6.93. The number of carbonyl (C=O) groups excluding carboxylic acids is 2. The van der Waals surface area contributed by atoms with Gasteiger partial charge < -0.3 is 25.2 Å². The number of hydrogen-bond acceptors (Lipinski definition) is 5. The molecule has 4 rings (SSSR count). The maximum Gasteiger partial charge on any atom is 0.407 e. The van der Waals surface area contributed by atoms with Gasteiger partial charge in [-0.15, -0.1) is 0 Å². The summed E-state index contributed by atoms with van der Waals surface area (Å²) in [4.78, 5) is 36.1. The maximum atomic E-state index is 12.6. The molecule has 2 aromatic carbocycles. The Labute approximate surface area is 192 Å². The lowest BCUT2D eigenvalue weighted by molar-refractivity contribution is -0.138. The van der Waals surface area contributed by atoms with Crippen LogP contribution in [-0.2, 0) is 19.1 Å². The van der Waals surface area contributed by atoms with Crippen LogP contribution in [0.5, 0.6) is 0 Å². The largest absolute Gasteiger partial charge is 0.481 e. The summed E-state index contributed by atoms with van der Waals surface area (Å²) in [6.07, 6.45) is -0.705. The number of carboxylic acids is 1. The lowest BCUT2D eigenvalue weighted by atomic mass is 9.98. The molecule has 2 aromatic rings. The molecule has 33 heavy (non-hydrogen) atoms. The summed E-state index contributed by atoms with van der Waals surface area (Å²) >= 11 is 0. The number of benzene rings is 2. The first kappa shape index (κ1) is 22.8. The second-order valence-corrected chi connectivity index (χ2v) is 8.37. The summed E-state index contributed by atoms with van der Waals surface area (Å²) in [5, 5.41) is 14.4. The van der Waals surface area contributed by atoms with E-state index in [0.29, 0.717) is 19.4 Å². The highest BCUT2D eigenvalue weighted by Gasteiger charge is 2.37. The van der Waals surface area contributed by atoms with Gasteiger partial charge in [0.1, 0.15) is 6.61 Å². The number of aliphatic carboxylic acids is 1. The van der Waals surface area contributed by atoms with E-state index in [1.165, 1.54) is 0 Å². The van der Waals surface area contributed by atoms with Gasteiger partial charge in [0.2, 0.25) is 0 Å². The van der Waals surface area contributed by atoms with E-state index in [9.17, 15) is 14.4 Å². The first-order valence-electron chi connectivity index (χ1n) is 11.2. The van der Waals surface area contributed by atoms with Crippen molar-refractivity contribution in [1.29, 1.82) is 0 Å². The Bertz CT molecular complexity index is 994. The monoisotopic (exact) mass is 452 g/mol. The van der Waals surface area contributed by atoms with Crippen molar-refractivity contribution < 1.29 is 29.0 Å². The van der Waals surface area contributed by atoms with Crippen molar-refractivity contribution in [3.05, 3.63) is 59.7 Å². The van der Waals surface area contributed by atoms with E-state index < -0.39 is 36.2 Å². The van der Waals surface area contributed by atoms with E-state index in [-0.39, 0.29) is 18.9 Å². The zero-order valence-corrected chi connectivity index (χ0v) is 18.5. The summed E-state index contributed by atoms with van der Waals surface area (Å²) in [6, 6.07) is 15.2. The fourth-order valence-electron chi connectivity index (χ4n) is 4.58. The Morgan fingerprint density at radius 1 is 1.09 bits per heavy atom. The molecular weight excluding hydrogens is 424 g/mol. The molecule has 1 heterocycles. The van der Waals surface area contributed by atoms with Gasteiger partial charge in [0, 0.05) is 18.6 Å². The van der Waals surface area contributed by atoms with Gasteiger partial charge in [0.15, 0.2) is 6.10 Å². The number of fused-ring (bicyclic) bond motifs is 3. The van der Waals surface area contributed by atoms with Crippen LogP contribution in [0.25, 0.3) is 11.1 Å². The molecule has 0 saturated carbocycles. The van der Waals surface area contributed by atoms with Crippen LogP contribution in [0, 0.1) is 0 Å². The Hall–Kier alpha value is -3.39. The highest BCUT2D eigenvalue weighted by atomic mass is 16.6. The van der Waals surface area contributed by atoms with Gasteiger partial charge in [-0.3, -0.25) is 9.59 Å². The molecule has 0 bridgehead atoms. The smallest absolute Gasteiger partial charge is 0.407 e. The van der Waals surface area contributed by atoms with Gasteiger partial charge in [-0.25, -0.2) is 4.79 Å². The van der Waals surface area contributed by atoms with Crippen LogP contribution in [0.4, 0.5) is 4.79 Å². The van der Waals surface area contributed by atoms with E-state index in [0.717, 1.165) is 22.3 Å². The van der Waals surface area contributed by atoms with Gasteiger partial charge >= 0.3 is 12.1 Å². The maximum absolute atomic E-state index is 12.6. The van der Waals surface area contributed by atoms with Crippen molar-refractivity contribution in [1.82, 2.24) is 10.6 Å². The fraction of sp³-hybridized carbons (Fsp3) is 0.400. The lowest BCUT2D eigenvalue weighted by Crippen LogP contribution is -2.50. The predicted molar refractivity (Wildman–Crippen MR) is 121 cm³/mol.